The minimum absolute atomic E-state index is 0.0163. The Morgan fingerprint density at radius 1 is 1.25 bits per heavy atom. The molecule has 0 bridgehead atoms. The van der Waals surface area contributed by atoms with Gasteiger partial charge in [-0.3, -0.25) is 9.69 Å². The minimum Gasteiger partial charge on any atom is -0.297 e. The SMILES string of the molecule is CC(C)C(=O)C(I)N(C)C(C)C. The Balaban J connectivity index is 4.19. The summed E-state index contributed by atoms with van der Waals surface area (Å²) in [6.07, 6.45) is 0. The lowest BCUT2D eigenvalue weighted by molar-refractivity contribution is -0.123. The highest BCUT2D eigenvalue weighted by atomic mass is 127. The van der Waals surface area contributed by atoms with E-state index in [4.69, 9.17) is 0 Å². The summed E-state index contributed by atoms with van der Waals surface area (Å²) in [6, 6.07) is 0.426. The highest BCUT2D eigenvalue weighted by Crippen LogP contribution is 2.14. The van der Waals surface area contributed by atoms with Gasteiger partial charge in [0.05, 0.1) is 0 Å². The number of hydrogen-bond acceptors (Lipinski definition) is 2. The average molecular weight is 283 g/mol. The summed E-state index contributed by atoms with van der Waals surface area (Å²) < 4.78 is 0.0163. The molecule has 1 unspecified atom stereocenters. The molecule has 1 atom stereocenters. The molecule has 0 aliphatic carbocycles. The first-order valence-corrected chi connectivity index (χ1v) is 5.52. The van der Waals surface area contributed by atoms with Crippen LogP contribution in [0.25, 0.3) is 0 Å². The van der Waals surface area contributed by atoms with Crippen LogP contribution in [-0.4, -0.2) is 27.8 Å². The van der Waals surface area contributed by atoms with Crippen LogP contribution in [0.4, 0.5) is 0 Å². The van der Waals surface area contributed by atoms with Gasteiger partial charge in [-0.25, -0.2) is 0 Å². The number of alkyl halides is 1. The van der Waals surface area contributed by atoms with E-state index in [1.165, 1.54) is 0 Å². The lowest BCUT2D eigenvalue weighted by Crippen LogP contribution is -2.39. The van der Waals surface area contributed by atoms with Gasteiger partial charge in [0.25, 0.3) is 0 Å². The smallest absolute Gasteiger partial charge is 0.162 e. The van der Waals surface area contributed by atoms with Gasteiger partial charge in [0.2, 0.25) is 0 Å². The topological polar surface area (TPSA) is 20.3 Å². The Labute approximate surface area is 88.8 Å². The van der Waals surface area contributed by atoms with E-state index in [-0.39, 0.29) is 9.97 Å². The number of halogens is 1. The number of nitrogens with zero attached hydrogens (tertiary/aromatic N) is 1. The molecular formula is C9H18INO. The average Bonchev–Trinajstić information content (AvgIpc) is 2.00. The maximum absolute atomic E-state index is 11.5. The van der Waals surface area contributed by atoms with Crippen LogP contribution < -0.4 is 0 Å². The summed E-state index contributed by atoms with van der Waals surface area (Å²) in [6.45, 7) is 8.09. The zero-order valence-corrected chi connectivity index (χ0v) is 10.6. The fourth-order valence-corrected chi connectivity index (χ4v) is 2.10. The van der Waals surface area contributed by atoms with Gasteiger partial charge in [0.1, 0.15) is 4.05 Å². The maximum Gasteiger partial charge on any atom is 0.162 e. The van der Waals surface area contributed by atoms with E-state index in [1.807, 2.05) is 20.9 Å². The summed E-state index contributed by atoms with van der Waals surface area (Å²) in [7, 11) is 1.99. The van der Waals surface area contributed by atoms with Crippen LogP contribution in [0.15, 0.2) is 0 Å². The molecule has 0 rings (SSSR count). The van der Waals surface area contributed by atoms with Crippen molar-refractivity contribution in [3.8, 4) is 0 Å². The van der Waals surface area contributed by atoms with Crippen molar-refractivity contribution in [1.82, 2.24) is 4.90 Å². The van der Waals surface area contributed by atoms with E-state index in [9.17, 15) is 4.79 Å². The molecule has 0 fully saturated rings. The number of hydrogen-bond donors (Lipinski definition) is 0. The third-order valence-electron chi connectivity index (χ3n) is 1.98. The fraction of sp³-hybridized carbons (Fsp3) is 0.889. The summed E-state index contributed by atoms with van der Waals surface area (Å²) >= 11 is 2.20. The van der Waals surface area contributed by atoms with E-state index in [0.717, 1.165) is 0 Å². The third kappa shape index (κ3) is 3.39. The van der Waals surface area contributed by atoms with Crippen LogP contribution in [0.5, 0.6) is 0 Å². The van der Waals surface area contributed by atoms with Crippen molar-refractivity contribution in [2.24, 2.45) is 5.92 Å². The van der Waals surface area contributed by atoms with Gasteiger partial charge in [-0.05, 0) is 20.9 Å². The van der Waals surface area contributed by atoms with Crippen molar-refractivity contribution in [3.05, 3.63) is 0 Å². The van der Waals surface area contributed by atoms with E-state index < -0.39 is 0 Å². The molecule has 0 spiro atoms. The molecule has 0 aliphatic heterocycles. The molecule has 0 saturated carbocycles. The molecule has 0 aromatic carbocycles. The number of likely N-dealkylation sites (N-methyl/N-ethyl adjacent to an activating group) is 1. The second kappa shape index (κ2) is 5.17. The van der Waals surface area contributed by atoms with Gasteiger partial charge in [0.15, 0.2) is 5.78 Å². The molecule has 72 valence electrons. The second-order valence-electron chi connectivity index (χ2n) is 3.65. The molecule has 0 amide bonds. The Bertz CT molecular complexity index is 157. The fourth-order valence-electron chi connectivity index (χ4n) is 0.738. The predicted octanol–water partition coefficient (Wildman–Crippen LogP) is 2.31. The van der Waals surface area contributed by atoms with Gasteiger partial charge in [-0.15, -0.1) is 0 Å². The van der Waals surface area contributed by atoms with Crippen LogP contribution in [0, 0.1) is 5.92 Å². The van der Waals surface area contributed by atoms with Gasteiger partial charge >= 0.3 is 0 Å². The molecule has 0 aliphatic rings. The van der Waals surface area contributed by atoms with E-state index in [0.29, 0.717) is 11.8 Å². The largest absolute Gasteiger partial charge is 0.297 e. The molecule has 0 N–H and O–H groups in total. The highest BCUT2D eigenvalue weighted by molar-refractivity contribution is 14.1. The van der Waals surface area contributed by atoms with E-state index >= 15 is 0 Å². The van der Waals surface area contributed by atoms with E-state index in [2.05, 4.69) is 41.3 Å². The molecule has 0 heterocycles. The normalized spacial score (nSPS) is 14.4. The lowest BCUT2D eigenvalue weighted by atomic mass is 10.1. The Morgan fingerprint density at radius 3 is 1.92 bits per heavy atom. The molecule has 0 aromatic rings. The van der Waals surface area contributed by atoms with Crippen molar-refractivity contribution < 1.29 is 4.79 Å². The summed E-state index contributed by atoms with van der Waals surface area (Å²) in [5, 5.41) is 0. The zero-order valence-electron chi connectivity index (χ0n) is 8.47. The Kier molecular flexibility index (Phi) is 5.32. The molecular weight excluding hydrogens is 265 g/mol. The standard InChI is InChI=1S/C9H18INO/c1-6(2)8(12)9(10)11(5)7(3)4/h6-7,9H,1-5H3. The second-order valence-corrected chi connectivity index (χ2v) is 4.83. The van der Waals surface area contributed by atoms with Gasteiger partial charge in [-0.2, -0.15) is 0 Å². The predicted molar refractivity (Wildman–Crippen MR) is 60.6 cm³/mol. The highest BCUT2D eigenvalue weighted by Gasteiger charge is 2.23. The molecule has 3 heteroatoms. The number of carbonyl (C=O) groups excluding carboxylic acids is 1. The molecule has 12 heavy (non-hydrogen) atoms. The summed E-state index contributed by atoms with van der Waals surface area (Å²) in [4.78, 5) is 13.6. The Morgan fingerprint density at radius 2 is 1.67 bits per heavy atom. The van der Waals surface area contributed by atoms with Crippen molar-refractivity contribution in [1.29, 1.82) is 0 Å². The molecule has 2 nitrogen and oxygen atoms in total. The van der Waals surface area contributed by atoms with Crippen molar-refractivity contribution >= 4 is 28.4 Å². The van der Waals surface area contributed by atoms with Crippen LogP contribution in [0.1, 0.15) is 27.7 Å². The first-order valence-electron chi connectivity index (χ1n) is 4.27. The Hall–Kier alpha value is 0.360. The van der Waals surface area contributed by atoms with Gasteiger partial charge < -0.3 is 0 Å². The summed E-state index contributed by atoms with van der Waals surface area (Å²) in [5.74, 6) is 0.444. The molecule has 0 saturated heterocycles. The van der Waals surface area contributed by atoms with Crippen LogP contribution in [0.3, 0.4) is 0 Å². The van der Waals surface area contributed by atoms with Gasteiger partial charge in [-0.1, -0.05) is 36.4 Å². The summed E-state index contributed by atoms with van der Waals surface area (Å²) in [5.41, 5.74) is 0. The first-order chi connectivity index (χ1) is 5.37. The van der Waals surface area contributed by atoms with Crippen LogP contribution in [-0.2, 0) is 4.79 Å². The number of Topliss-reactive ketones (excluding diaryl/α,β-unsaturated/α-hetero) is 1. The van der Waals surface area contributed by atoms with Crippen molar-refractivity contribution in [3.63, 3.8) is 0 Å². The number of rotatable bonds is 4. The quantitative estimate of drug-likeness (QED) is 0.448. The monoisotopic (exact) mass is 283 g/mol. The van der Waals surface area contributed by atoms with Gasteiger partial charge in [0, 0.05) is 12.0 Å². The third-order valence-corrected chi connectivity index (χ3v) is 3.47. The minimum atomic E-state index is 0.0163. The number of carbonyl (C=O) groups is 1. The van der Waals surface area contributed by atoms with Crippen molar-refractivity contribution in [2.45, 2.75) is 37.8 Å². The molecule has 0 aromatic heterocycles. The zero-order chi connectivity index (χ0) is 9.89. The number of ketones is 1. The first kappa shape index (κ1) is 12.4. The van der Waals surface area contributed by atoms with Crippen molar-refractivity contribution in [2.75, 3.05) is 7.05 Å². The lowest BCUT2D eigenvalue weighted by Gasteiger charge is -2.26. The van der Waals surface area contributed by atoms with Crippen LogP contribution >= 0.6 is 22.6 Å². The molecule has 0 radical (unpaired) electrons. The van der Waals surface area contributed by atoms with E-state index in [1.54, 1.807) is 0 Å². The maximum atomic E-state index is 11.5. The van der Waals surface area contributed by atoms with Crippen LogP contribution in [0.2, 0.25) is 0 Å².